The van der Waals surface area contributed by atoms with Crippen molar-refractivity contribution in [3.8, 4) is 11.5 Å². The number of benzene rings is 4. The summed E-state index contributed by atoms with van der Waals surface area (Å²) in [6.45, 7) is 2.39. The van der Waals surface area contributed by atoms with Crippen molar-refractivity contribution >= 4 is 32.7 Å². The Bertz CT molecular complexity index is 1450. The Kier molecular flexibility index (Phi) is 3.98. The molecule has 0 amide bonds. The highest BCUT2D eigenvalue weighted by atomic mass is 16.5. The molecule has 0 fully saturated rings. The highest BCUT2D eigenvalue weighted by molar-refractivity contribution is 5.93. The van der Waals surface area contributed by atoms with Gasteiger partial charge in [-0.2, -0.15) is 0 Å². The molecule has 4 aromatic carbocycles. The summed E-state index contributed by atoms with van der Waals surface area (Å²) in [5, 5.41) is 13.4. The van der Waals surface area contributed by atoms with E-state index in [-0.39, 0.29) is 16.6 Å². The summed E-state index contributed by atoms with van der Waals surface area (Å²) < 4.78 is 11.9. The second-order valence-corrected chi connectivity index (χ2v) is 7.11. The van der Waals surface area contributed by atoms with Crippen molar-refractivity contribution in [1.82, 2.24) is 0 Å². The van der Waals surface area contributed by atoms with Crippen molar-refractivity contribution in [2.24, 2.45) is 0 Å². The van der Waals surface area contributed by atoms with Crippen LogP contribution < -0.4 is 10.2 Å². The van der Waals surface area contributed by atoms with Gasteiger partial charge in [0.25, 0.3) is 0 Å². The van der Waals surface area contributed by atoms with E-state index in [2.05, 4.69) is 24.3 Å². The van der Waals surface area contributed by atoms with Crippen LogP contribution in [0.4, 0.5) is 0 Å². The molecular formula is C25H18O4. The minimum absolute atomic E-state index is 0.147. The molecule has 142 valence electrons. The number of phenolic OH excluding ortho intramolecular Hbond substituents is 1. The summed E-state index contributed by atoms with van der Waals surface area (Å²) in [5.74, 6) is 0.299. The van der Waals surface area contributed by atoms with E-state index < -0.39 is 0 Å². The minimum atomic E-state index is -0.254. The number of para-hydroxylation sites is 1. The molecule has 29 heavy (non-hydrogen) atoms. The molecule has 0 atom stereocenters. The summed E-state index contributed by atoms with van der Waals surface area (Å²) >= 11 is 0. The van der Waals surface area contributed by atoms with Gasteiger partial charge in [-0.3, -0.25) is 4.79 Å². The van der Waals surface area contributed by atoms with E-state index in [1.807, 2.05) is 19.1 Å². The fraction of sp³-hybridized carbons (Fsp3) is 0.0800. The summed E-state index contributed by atoms with van der Waals surface area (Å²) in [6.07, 6.45) is 0. The maximum absolute atomic E-state index is 12.7. The molecule has 0 saturated heterocycles. The lowest BCUT2D eigenvalue weighted by Gasteiger charge is -2.13. The minimum Gasteiger partial charge on any atom is -0.507 e. The first-order valence-corrected chi connectivity index (χ1v) is 9.40. The fourth-order valence-electron chi connectivity index (χ4n) is 3.76. The Hall–Kier alpha value is -3.79. The van der Waals surface area contributed by atoms with E-state index in [1.165, 1.54) is 6.07 Å². The normalized spacial score (nSPS) is 11.3. The molecule has 0 aliphatic heterocycles. The third-order valence-corrected chi connectivity index (χ3v) is 5.29. The molecule has 1 aromatic heterocycles. The van der Waals surface area contributed by atoms with Crippen molar-refractivity contribution in [3.63, 3.8) is 0 Å². The molecule has 1 heterocycles. The average molecular weight is 382 g/mol. The summed E-state index contributed by atoms with van der Waals surface area (Å²) in [6, 6.07) is 22.4. The van der Waals surface area contributed by atoms with Crippen LogP contribution in [0.1, 0.15) is 11.1 Å². The van der Waals surface area contributed by atoms with E-state index in [4.69, 9.17) is 9.15 Å². The number of rotatable bonds is 3. The number of phenols is 1. The highest BCUT2D eigenvalue weighted by Crippen LogP contribution is 2.31. The molecule has 1 N–H and O–H groups in total. The smallest absolute Gasteiger partial charge is 0.204 e. The summed E-state index contributed by atoms with van der Waals surface area (Å²) in [7, 11) is 0. The zero-order valence-electron chi connectivity index (χ0n) is 15.8. The van der Waals surface area contributed by atoms with E-state index >= 15 is 0 Å². The largest absolute Gasteiger partial charge is 0.507 e. The first kappa shape index (κ1) is 17.3. The van der Waals surface area contributed by atoms with Gasteiger partial charge in [0.05, 0.1) is 5.39 Å². The molecule has 0 unspecified atom stereocenters. The van der Waals surface area contributed by atoms with Gasteiger partial charge in [-0.05, 0) is 35.4 Å². The zero-order valence-corrected chi connectivity index (χ0v) is 15.8. The predicted octanol–water partition coefficient (Wildman–Crippen LogP) is 5.69. The molecule has 0 aliphatic rings. The number of fused-ring (bicyclic) bond motifs is 3. The van der Waals surface area contributed by atoms with Crippen molar-refractivity contribution in [1.29, 1.82) is 0 Å². The van der Waals surface area contributed by atoms with Gasteiger partial charge < -0.3 is 14.3 Å². The van der Waals surface area contributed by atoms with Gasteiger partial charge in [0.1, 0.15) is 34.7 Å². The van der Waals surface area contributed by atoms with Crippen LogP contribution in [0.2, 0.25) is 0 Å². The van der Waals surface area contributed by atoms with Crippen LogP contribution in [-0.4, -0.2) is 5.11 Å². The van der Waals surface area contributed by atoms with E-state index in [0.29, 0.717) is 28.9 Å². The molecule has 4 heteroatoms. The number of hydrogen-bond donors (Lipinski definition) is 1. The Morgan fingerprint density at radius 2 is 1.66 bits per heavy atom. The Morgan fingerprint density at radius 1 is 0.897 bits per heavy atom. The van der Waals surface area contributed by atoms with Crippen molar-refractivity contribution in [3.05, 3.63) is 94.1 Å². The molecule has 5 aromatic rings. The Balaban J connectivity index is 1.58. The molecule has 0 aliphatic carbocycles. The van der Waals surface area contributed by atoms with Gasteiger partial charge in [0.15, 0.2) is 0 Å². The van der Waals surface area contributed by atoms with Crippen LogP contribution in [-0.2, 0) is 6.61 Å². The van der Waals surface area contributed by atoms with Gasteiger partial charge in [0, 0.05) is 17.7 Å². The lowest BCUT2D eigenvalue weighted by molar-refractivity contribution is 0.305. The number of ether oxygens (including phenoxy) is 1. The van der Waals surface area contributed by atoms with Crippen LogP contribution >= 0.6 is 0 Å². The van der Waals surface area contributed by atoms with Crippen LogP contribution in [0.15, 0.2) is 82.0 Å². The molecule has 0 saturated carbocycles. The van der Waals surface area contributed by atoms with Crippen LogP contribution in [0.25, 0.3) is 32.7 Å². The van der Waals surface area contributed by atoms with E-state index in [9.17, 15) is 9.90 Å². The van der Waals surface area contributed by atoms with E-state index in [0.717, 1.165) is 21.9 Å². The lowest BCUT2D eigenvalue weighted by atomic mass is 10.0. The second-order valence-electron chi connectivity index (χ2n) is 7.11. The number of hydrogen-bond acceptors (Lipinski definition) is 4. The summed E-state index contributed by atoms with van der Waals surface area (Å²) in [4.78, 5) is 12.7. The number of aryl methyl sites for hydroxylation is 1. The van der Waals surface area contributed by atoms with Gasteiger partial charge in [0.2, 0.25) is 5.43 Å². The molecule has 4 nitrogen and oxygen atoms in total. The third kappa shape index (κ3) is 2.90. The maximum Gasteiger partial charge on any atom is 0.204 e. The lowest BCUT2D eigenvalue weighted by Crippen LogP contribution is -2.03. The molecule has 0 spiro atoms. The second kappa shape index (κ2) is 6.67. The highest BCUT2D eigenvalue weighted by Gasteiger charge is 2.14. The van der Waals surface area contributed by atoms with Gasteiger partial charge in [-0.25, -0.2) is 0 Å². The molecular weight excluding hydrogens is 364 g/mol. The van der Waals surface area contributed by atoms with Gasteiger partial charge in [-0.15, -0.1) is 0 Å². The van der Waals surface area contributed by atoms with Crippen molar-refractivity contribution in [2.75, 3.05) is 0 Å². The monoisotopic (exact) mass is 382 g/mol. The average Bonchev–Trinajstić information content (AvgIpc) is 2.73. The SMILES string of the molecule is Cc1ccc2ccccc2c1COc1cc(O)c2c(=O)c3ccccc3oc2c1. The zero-order chi connectivity index (χ0) is 20.0. The van der Waals surface area contributed by atoms with Gasteiger partial charge >= 0.3 is 0 Å². The molecule has 0 bridgehead atoms. The van der Waals surface area contributed by atoms with Crippen LogP contribution in [0, 0.1) is 6.92 Å². The predicted molar refractivity (Wildman–Crippen MR) is 115 cm³/mol. The third-order valence-electron chi connectivity index (χ3n) is 5.29. The quantitative estimate of drug-likeness (QED) is 0.407. The van der Waals surface area contributed by atoms with Crippen LogP contribution in [0.5, 0.6) is 11.5 Å². The Morgan fingerprint density at radius 3 is 2.52 bits per heavy atom. The van der Waals surface area contributed by atoms with Crippen LogP contribution in [0.3, 0.4) is 0 Å². The van der Waals surface area contributed by atoms with Crippen molar-refractivity contribution < 1.29 is 14.3 Å². The standard InChI is InChI=1S/C25H18O4/c1-15-10-11-16-6-2-3-7-18(16)20(15)14-28-17-12-21(26)24-23(13-17)29-22-9-5-4-8-19(22)25(24)27/h2-13,26H,14H2,1H3. The number of aromatic hydroxyl groups is 1. The maximum atomic E-state index is 12.7. The summed E-state index contributed by atoms with van der Waals surface area (Å²) in [5.41, 5.74) is 2.74. The van der Waals surface area contributed by atoms with E-state index in [1.54, 1.807) is 30.3 Å². The van der Waals surface area contributed by atoms with Gasteiger partial charge in [-0.1, -0.05) is 48.5 Å². The first-order valence-electron chi connectivity index (χ1n) is 9.40. The fourth-order valence-corrected chi connectivity index (χ4v) is 3.76. The Labute approximate surface area is 166 Å². The topological polar surface area (TPSA) is 59.7 Å². The first-order chi connectivity index (χ1) is 14.1. The molecule has 0 radical (unpaired) electrons. The molecule has 5 rings (SSSR count). The van der Waals surface area contributed by atoms with Crippen molar-refractivity contribution in [2.45, 2.75) is 13.5 Å².